The summed E-state index contributed by atoms with van der Waals surface area (Å²) < 4.78 is 0. The highest BCUT2D eigenvalue weighted by atomic mass is 32.2. The summed E-state index contributed by atoms with van der Waals surface area (Å²) in [5.41, 5.74) is 0.869. The lowest BCUT2D eigenvalue weighted by Gasteiger charge is -2.30. The van der Waals surface area contributed by atoms with E-state index >= 15 is 0 Å². The first-order valence-electron chi connectivity index (χ1n) is 8.03. The Labute approximate surface area is 140 Å². The molecule has 0 spiro atoms. The molecule has 0 radical (unpaired) electrons. The van der Waals surface area contributed by atoms with Crippen LogP contribution in [0, 0.1) is 0 Å². The molecule has 1 saturated heterocycles. The number of hydrogen-bond donors (Lipinski definition) is 1. The second-order valence-corrected chi connectivity index (χ2v) is 7.39. The van der Waals surface area contributed by atoms with Crippen LogP contribution in [0.4, 0.5) is 0 Å². The van der Waals surface area contributed by atoms with Gasteiger partial charge in [0.05, 0.1) is 23.8 Å². The van der Waals surface area contributed by atoms with E-state index in [1.807, 2.05) is 11.8 Å². The molecule has 0 unspecified atom stereocenters. The van der Waals surface area contributed by atoms with Crippen LogP contribution in [0.3, 0.4) is 0 Å². The molecule has 1 aromatic rings. The summed E-state index contributed by atoms with van der Waals surface area (Å²) in [6.07, 6.45) is 0.382. The number of aliphatic hydroxyl groups is 1. The average molecular weight is 334 g/mol. The third-order valence-electron chi connectivity index (χ3n) is 4.54. The SMILES string of the molecule is C[C@H]1CCSCCN1C[C@H](O)CN1C(=O)c2ccccc2C1=O. The highest BCUT2D eigenvalue weighted by Gasteiger charge is 2.36. The van der Waals surface area contributed by atoms with Gasteiger partial charge in [-0.15, -0.1) is 0 Å². The van der Waals surface area contributed by atoms with Crippen LogP contribution in [0.25, 0.3) is 0 Å². The van der Waals surface area contributed by atoms with Gasteiger partial charge in [0, 0.05) is 24.9 Å². The molecule has 23 heavy (non-hydrogen) atoms. The van der Waals surface area contributed by atoms with Crippen molar-refractivity contribution < 1.29 is 14.7 Å². The van der Waals surface area contributed by atoms with E-state index in [4.69, 9.17) is 0 Å². The predicted octanol–water partition coefficient (Wildman–Crippen LogP) is 1.47. The number of hydrogen-bond acceptors (Lipinski definition) is 5. The van der Waals surface area contributed by atoms with Gasteiger partial charge in [0.2, 0.25) is 0 Å². The zero-order chi connectivity index (χ0) is 16.4. The minimum atomic E-state index is -0.720. The first-order valence-corrected chi connectivity index (χ1v) is 9.18. The third kappa shape index (κ3) is 3.44. The molecule has 2 heterocycles. The maximum absolute atomic E-state index is 12.3. The predicted molar refractivity (Wildman–Crippen MR) is 90.8 cm³/mol. The van der Waals surface area contributed by atoms with Gasteiger partial charge in [-0.2, -0.15) is 11.8 Å². The monoisotopic (exact) mass is 334 g/mol. The lowest BCUT2D eigenvalue weighted by atomic mass is 10.1. The third-order valence-corrected chi connectivity index (χ3v) is 5.54. The van der Waals surface area contributed by atoms with Crippen molar-refractivity contribution in [3.05, 3.63) is 35.4 Å². The molecule has 1 fully saturated rings. The maximum Gasteiger partial charge on any atom is 0.261 e. The second-order valence-electron chi connectivity index (χ2n) is 6.17. The van der Waals surface area contributed by atoms with Gasteiger partial charge in [0.1, 0.15) is 0 Å². The fourth-order valence-electron chi connectivity index (χ4n) is 3.16. The number of benzene rings is 1. The Morgan fingerprint density at radius 3 is 2.48 bits per heavy atom. The van der Waals surface area contributed by atoms with E-state index in [-0.39, 0.29) is 18.4 Å². The van der Waals surface area contributed by atoms with Crippen molar-refractivity contribution >= 4 is 23.6 Å². The summed E-state index contributed by atoms with van der Waals surface area (Å²) >= 11 is 1.93. The van der Waals surface area contributed by atoms with Crippen molar-refractivity contribution in [2.75, 3.05) is 31.1 Å². The molecule has 124 valence electrons. The van der Waals surface area contributed by atoms with Crippen LogP contribution in [0.2, 0.25) is 0 Å². The first-order chi connectivity index (χ1) is 11.1. The smallest absolute Gasteiger partial charge is 0.261 e. The zero-order valence-electron chi connectivity index (χ0n) is 13.3. The van der Waals surface area contributed by atoms with Gasteiger partial charge < -0.3 is 5.11 Å². The standard InChI is InChI=1S/C17H22N2O3S/c1-12-6-8-23-9-7-18(12)10-13(20)11-19-16(21)14-4-2-3-5-15(14)17(19)22/h2-5,12-13,20H,6-11H2,1H3/t12-,13-/m0/s1. The van der Waals surface area contributed by atoms with Crippen LogP contribution in [-0.4, -0.2) is 70.0 Å². The number of rotatable bonds is 4. The Bertz CT molecular complexity index is 572. The number of carbonyl (C=O) groups excluding carboxylic acids is 2. The van der Waals surface area contributed by atoms with Gasteiger partial charge in [0.25, 0.3) is 11.8 Å². The summed E-state index contributed by atoms with van der Waals surface area (Å²) in [4.78, 5) is 28.1. The van der Waals surface area contributed by atoms with Crippen molar-refractivity contribution in [3.63, 3.8) is 0 Å². The molecular formula is C17H22N2O3S. The lowest BCUT2D eigenvalue weighted by Crippen LogP contribution is -2.45. The van der Waals surface area contributed by atoms with Gasteiger partial charge in [0.15, 0.2) is 0 Å². The van der Waals surface area contributed by atoms with Crippen molar-refractivity contribution in [1.82, 2.24) is 9.80 Å². The van der Waals surface area contributed by atoms with E-state index in [0.29, 0.717) is 23.7 Å². The van der Waals surface area contributed by atoms with E-state index in [1.165, 1.54) is 4.90 Å². The van der Waals surface area contributed by atoms with E-state index in [0.717, 1.165) is 24.5 Å². The minimum absolute atomic E-state index is 0.0582. The molecule has 0 aromatic heterocycles. The summed E-state index contributed by atoms with van der Waals surface area (Å²) in [5.74, 6) is 1.60. The minimum Gasteiger partial charge on any atom is -0.390 e. The topological polar surface area (TPSA) is 60.9 Å². The molecule has 2 aliphatic rings. The lowest BCUT2D eigenvalue weighted by molar-refractivity contribution is 0.0443. The number of β-amino-alcohol motifs (C(OH)–C–C–N with tert-alkyl or cyclic N) is 1. The molecule has 0 bridgehead atoms. The van der Waals surface area contributed by atoms with Crippen LogP contribution in [-0.2, 0) is 0 Å². The largest absolute Gasteiger partial charge is 0.390 e. The summed E-state index contributed by atoms with van der Waals surface area (Å²) in [6, 6.07) is 7.24. The fourth-order valence-corrected chi connectivity index (χ4v) is 4.23. The summed E-state index contributed by atoms with van der Waals surface area (Å²) in [6.45, 7) is 3.66. The Hall–Kier alpha value is -1.37. The van der Waals surface area contributed by atoms with Gasteiger partial charge in [-0.25, -0.2) is 0 Å². The van der Waals surface area contributed by atoms with E-state index < -0.39 is 6.10 Å². The molecular weight excluding hydrogens is 312 g/mol. The number of imide groups is 1. The molecule has 1 N–H and O–H groups in total. The zero-order valence-corrected chi connectivity index (χ0v) is 14.1. The fraction of sp³-hybridized carbons (Fsp3) is 0.529. The number of thioether (sulfide) groups is 1. The highest BCUT2D eigenvalue weighted by molar-refractivity contribution is 7.99. The van der Waals surface area contributed by atoms with Gasteiger partial charge >= 0.3 is 0 Å². The second kappa shape index (κ2) is 7.03. The van der Waals surface area contributed by atoms with Gasteiger partial charge in [-0.1, -0.05) is 12.1 Å². The van der Waals surface area contributed by atoms with Crippen LogP contribution in [0.5, 0.6) is 0 Å². The molecule has 3 rings (SSSR count). The molecule has 2 atom stereocenters. The number of fused-ring (bicyclic) bond motifs is 1. The Balaban J connectivity index is 1.63. The maximum atomic E-state index is 12.3. The van der Waals surface area contributed by atoms with Crippen LogP contribution >= 0.6 is 11.8 Å². The van der Waals surface area contributed by atoms with Crippen LogP contribution in [0.15, 0.2) is 24.3 Å². The van der Waals surface area contributed by atoms with Gasteiger partial charge in [-0.3, -0.25) is 19.4 Å². The normalized spacial score (nSPS) is 23.7. The number of amides is 2. The molecule has 5 nitrogen and oxygen atoms in total. The first kappa shape index (κ1) is 16.5. The molecule has 0 saturated carbocycles. The van der Waals surface area contributed by atoms with Crippen molar-refractivity contribution in [1.29, 1.82) is 0 Å². The summed E-state index contributed by atoms with van der Waals surface area (Å²) in [7, 11) is 0. The molecule has 2 amide bonds. The molecule has 1 aromatic carbocycles. The van der Waals surface area contributed by atoms with Gasteiger partial charge in [-0.05, 0) is 31.2 Å². The van der Waals surface area contributed by atoms with E-state index in [9.17, 15) is 14.7 Å². The summed E-state index contributed by atoms with van der Waals surface area (Å²) in [5, 5.41) is 10.4. The van der Waals surface area contributed by atoms with Crippen LogP contribution < -0.4 is 0 Å². The van der Waals surface area contributed by atoms with E-state index in [1.54, 1.807) is 24.3 Å². The van der Waals surface area contributed by atoms with E-state index in [2.05, 4.69) is 11.8 Å². The Kier molecular flexibility index (Phi) is 5.04. The quantitative estimate of drug-likeness (QED) is 0.845. The highest BCUT2D eigenvalue weighted by Crippen LogP contribution is 2.23. The van der Waals surface area contributed by atoms with Crippen LogP contribution in [0.1, 0.15) is 34.1 Å². The number of carbonyl (C=O) groups is 2. The Morgan fingerprint density at radius 2 is 1.83 bits per heavy atom. The van der Waals surface area contributed by atoms with Crippen molar-refractivity contribution in [2.24, 2.45) is 0 Å². The number of aliphatic hydroxyl groups excluding tert-OH is 1. The average Bonchev–Trinajstić information content (AvgIpc) is 2.69. The molecule has 0 aliphatic carbocycles. The Morgan fingerprint density at radius 1 is 1.17 bits per heavy atom. The number of nitrogens with zero attached hydrogens (tertiary/aromatic N) is 2. The van der Waals surface area contributed by atoms with Crippen molar-refractivity contribution in [2.45, 2.75) is 25.5 Å². The van der Waals surface area contributed by atoms with Crippen molar-refractivity contribution in [3.8, 4) is 0 Å². The molecule has 6 heteroatoms. The molecule has 2 aliphatic heterocycles.